The number of methoxy groups -OCH3 is 1. The summed E-state index contributed by atoms with van der Waals surface area (Å²) in [5.41, 5.74) is 1.23. The minimum Gasteiger partial charge on any atom is -0.497 e. The van der Waals surface area contributed by atoms with Crippen molar-refractivity contribution in [3.05, 3.63) is 59.1 Å². The monoisotopic (exact) mass is 315 g/mol. The maximum Gasteiger partial charge on any atom is 0.338 e. The van der Waals surface area contributed by atoms with Crippen molar-refractivity contribution in [3.63, 3.8) is 0 Å². The van der Waals surface area contributed by atoms with Crippen molar-refractivity contribution < 1.29 is 14.6 Å². The molecule has 0 heterocycles. The Labute approximate surface area is 133 Å². The van der Waals surface area contributed by atoms with Crippen LogP contribution in [0.15, 0.2) is 48.5 Å². The number of anilines is 1. The van der Waals surface area contributed by atoms with Gasteiger partial charge in [0.05, 0.1) is 12.1 Å². The van der Waals surface area contributed by atoms with Gasteiger partial charge in [0.2, 0.25) is 0 Å². The van der Waals surface area contributed by atoms with Crippen LogP contribution in [0.1, 0.15) is 5.56 Å². The maximum atomic E-state index is 11.3. The first-order chi connectivity index (χ1) is 10.6. The van der Waals surface area contributed by atoms with Gasteiger partial charge in [-0.05, 0) is 36.4 Å². The summed E-state index contributed by atoms with van der Waals surface area (Å²) in [6, 6.07) is 12.9. The summed E-state index contributed by atoms with van der Waals surface area (Å²) in [6.45, 7) is 0. The molecule has 1 atom stereocenters. The topological polar surface area (TPSA) is 58.6 Å². The van der Waals surface area contributed by atoms with Crippen molar-refractivity contribution in [2.24, 2.45) is 0 Å². The lowest BCUT2D eigenvalue weighted by Gasteiger charge is -2.10. The number of ether oxygens (including phenoxy) is 1. The molecule has 0 aromatic heterocycles. The molecule has 0 aliphatic heterocycles. The van der Waals surface area contributed by atoms with Crippen LogP contribution < -0.4 is 10.1 Å². The predicted molar refractivity (Wildman–Crippen MR) is 86.4 cm³/mol. The van der Waals surface area contributed by atoms with Crippen LogP contribution in [-0.2, 0) is 4.79 Å². The second kappa shape index (κ2) is 7.39. The Morgan fingerprint density at radius 2 is 1.91 bits per heavy atom. The van der Waals surface area contributed by atoms with Gasteiger partial charge in [-0.25, -0.2) is 4.79 Å². The first kappa shape index (κ1) is 15.7. The Morgan fingerprint density at radius 1 is 1.23 bits per heavy atom. The molecular formula is C17H14ClNO3. The molecule has 0 aliphatic carbocycles. The third-order valence-electron chi connectivity index (χ3n) is 2.87. The van der Waals surface area contributed by atoms with Crippen LogP contribution in [0.2, 0.25) is 5.02 Å². The lowest BCUT2D eigenvalue weighted by molar-refractivity contribution is -0.136. The lowest BCUT2D eigenvalue weighted by Crippen LogP contribution is -2.27. The fourth-order valence-corrected chi connectivity index (χ4v) is 1.91. The van der Waals surface area contributed by atoms with Gasteiger partial charge in [0.25, 0.3) is 0 Å². The van der Waals surface area contributed by atoms with Crippen molar-refractivity contribution in [1.82, 2.24) is 0 Å². The molecule has 2 rings (SSSR count). The highest BCUT2D eigenvalue weighted by Gasteiger charge is 2.14. The van der Waals surface area contributed by atoms with E-state index in [9.17, 15) is 9.90 Å². The normalized spacial score (nSPS) is 11.0. The van der Waals surface area contributed by atoms with Gasteiger partial charge in [-0.3, -0.25) is 0 Å². The Hall–Kier alpha value is -2.64. The average Bonchev–Trinajstić information content (AvgIpc) is 2.53. The number of hydrogen-bond acceptors (Lipinski definition) is 3. The summed E-state index contributed by atoms with van der Waals surface area (Å²) in [4.78, 5) is 11.3. The van der Waals surface area contributed by atoms with Crippen LogP contribution >= 0.6 is 11.6 Å². The van der Waals surface area contributed by atoms with Gasteiger partial charge >= 0.3 is 5.97 Å². The van der Waals surface area contributed by atoms with Crippen molar-refractivity contribution in [2.75, 3.05) is 12.4 Å². The summed E-state index contributed by atoms with van der Waals surface area (Å²) in [6.07, 6.45) is 0. The molecule has 0 saturated heterocycles. The number of hydrogen-bond donors (Lipinski definition) is 2. The number of nitrogens with one attached hydrogen (secondary N) is 1. The van der Waals surface area contributed by atoms with Gasteiger partial charge in [0, 0.05) is 11.3 Å². The second-order valence-electron chi connectivity index (χ2n) is 4.39. The molecule has 0 saturated carbocycles. The molecular weight excluding hydrogens is 302 g/mol. The smallest absolute Gasteiger partial charge is 0.338 e. The molecule has 112 valence electrons. The van der Waals surface area contributed by atoms with E-state index >= 15 is 0 Å². The average molecular weight is 316 g/mol. The first-order valence-electron chi connectivity index (χ1n) is 6.49. The highest BCUT2D eigenvalue weighted by molar-refractivity contribution is 6.31. The third-order valence-corrected chi connectivity index (χ3v) is 3.20. The van der Waals surface area contributed by atoms with Crippen molar-refractivity contribution >= 4 is 23.3 Å². The van der Waals surface area contributed by atoms with E-state index in [1.54, 1.807) is 55.6 Å². The quantitative estimate of drug-likeness (QED) is 0.850. The van der Waals surface area contributed by atoms with Crippen LogP contribution in [0.5, 0.6) is 5.75 Å². The predicted octanol–water partition coefficient (Wildman–Crippen LogP) is 3.27. The molecule has 2 N–H and O–H groups in total. The number of benzene rings is 2. The van der Waals surface area contributed by atoms with Crippen LogP contribution in [-0.4, -0.2) is 24.2 Å². The number of aliphatic carboxylic acids is 1. The molecule has 1 unspecified atom stereocenters. The third kappa shape index (κ3) is 4.18. The summed E-state index contributed by atoms with van der Waals surface area (Å²) < 4.78 is 5.05. The SMILES string of the molecule is COc1ccc(NC(C#Cc2ccccc2Cl)C(=O)O)cc1. The Bertz CT molecular complexity index is 717. The van der Waals surface area contributed by atoms with Crippen molar-refractivity contribution in [1.29, 1.82) is 0 Å². The standard InChI is InChI=1S/C17H14ClNO3/c1-22-14-9-7-13(8-10-14)19-16(17(20)21)11-6-12-4-2-3-5-15(12)18/h2-5,7-10,16,19H,1H3,(H,20,21). The number of rotatable bonds is 4. The molecule has 0 aliphatic rings. The Kier molecular flexibility index (Phi) is 5.29. The molecule has 5 heteroatoms. The minimum atomic E-state index is -1.06. The van der Waals surface area contributed by atoms with Crippen LogP contribution in [0, 0.1) is 11.8 Å². The van der Waals surface area contributed by atoms with Crippen LogP contribution in [0.4, 0.5) is 5.69 Å². The first-order valence-corrected chi connectivity index (χ1v) is 6.87. The van der Waals surface area contributed by atoms with Gasteiger partial charge < -0.3 is 15.2 Å². The number of carboxylic acids is 1. The highest BCUT2D eigenvalue weighted by atomic mass is 35.5. The molecule has 2 aromatic carbocycles. The minimum absolute atomic E-state index is 0.489. The zero-order valence-corrected chi connectivity index (χ0v) is 12.6. The molecule has 0 bridgehead atoms. The summed E-state index contributed by atoms with van der Waals surface area (Å²) in [5, 5.41) is 12.6. The fraction of sp³-hybridized carbons (Fsp3) is 0.118. The van der Waals surface area contributed by atoms with Gasteiger partial charge in [0.1, 0.15) is 5.75 Å². The number of halogens is 1. The van der Waals surface area contributed by atoms with E-state index in [1.807, 2.05) is 0 Å². The molecule has 0 radical (unpaired) electrons. The molecule has 0 fully saturated rings. The molecule has 4 nitrogen and oxygen atoms in total. The van der Waals surface area contributed by atoms with Crippen LogP contribution in [0.25, 0.3) is 0 Å². The van der Waals surface area contributed by atoms with E-state index in [0.717, 1.165) is 0 Å². The Morgan fingerprint density at radius 3 is 2.50 bits per heavy atom. The van der Waals surface area contributed by atoms with Gasteiger partial charge in [-0.2, -0.15) is 0 Å². The van der Waals surface area contributed by atoms with E-state index in [1.165, 1.54) is 0 Å². The van der Waals surface area contributed by atoms with E-state index in [4.69, 9.17) is 16.3 Å². The van der Waals surface area contributed by atoms with Crippen molar-refractivity contribution in [2.45, 2.75) is 6.04 Å². The number of carboxylic acid groups (broad SMARTS) is 1. The molecule has 2 aromatic rings. The van der Waals surface area contributed by atoms with Gasteiger partial charge in [-0.1, -0.05) is 35.6 Å². The summed E-state index contributed by atoms with van der Waals surface area (Å²) in [7, 11) is 1.57. The zero-order valence-electron chi connectivity index (χ0n) is 11.8. The fourth-order valence-electron chi connectivity index (χ4n) is 1.73. The van der Waals surface area contributed by atoms with E-state index < -0.39 is 12.0 Å². The number of carbonyl (C=O) groups is 1. The summed E-state index contributed by atoms with van der Waals surface area (Å²) in [5.74, 6) is 5.10. The van der Waals surface area contributed by atoms with Gasteiger partial charge in [-0.15, -0.1) is 0 Å². The zero-order chi connectivity index (χ0) is 15.9. The van der Waals surface area contributed by atoms with E-state index in [-0.39, 0.29) is 0 Å². The highest BCUT2D eigenvalue weighted by Crippen LogP contribution is 2.16. The van der Waals surface area contributed by atoms with Crippen LogP contribution in [0.3, 0.4) is 0 Å². The second-order valence-corrected chi connectivity index (χ2v) is 4.80. The molecule has 22 heavy (non-hydrogen) atoms. The van der Waals surface area contributed by atoms with Gasteiger partial charge in [0.15, 0.2) is 6.04 Å². The lowest BCUT2D eigenvalue weighted by atomic mass is 10.2. The van der Waals surface area contributed by atoms with Crippen molar-refractivity contribution in [3.8, 4) is 17.6 Å². The molecule has 0 amide bonds. The summed E-state index contributed by atoms with van der Waals surface area (Å²) >= 11 is 6.00. The Balaban J connectivity index is 2.17. The maximum absolute atomic E-state index is 11.3. The largest absolute Gasteiger partial charge is 0.497 e. The van der Waals surface area contributed by atoms with E-state index in [2.05, 4.69) is 17.2 Å². The van der Waals surface area contributed by atoms with E-state index in [0.29, 0.717) is 22.0 Å². The molecule has 0 spiro atoms.